The van der Waals surface area contributed by atoms with Gasteiger partial charge in [0.15, 0.2) is 0 Å². The molecule has 1 N–H and O–H groups in total. The fraction of sp³-hybridized carbons (Fsp3) is 0.200. The van der Waals surface area contributed by atoms with Crippen molar-refractivity contribution in [1.82, 2.24) is 10.2 Å². The topological polar surface area (TPSA) is 55.2 Å². The van der Waals surface area contributed by atoms with Crippen LogP contribution >= 0.6 is 11.3 Å². The zero-order valence-corrected chi connectivity index (χ0v) is 8.99. The van der Waals surface area contributed by atoms with Crippen molar-refractivity contribution in [1.29, 1.82) is 0 Å². The lowest BCUT2D eigenvalue weighted by atomic mass is 10.2. The molecule has 0 aliphatic carbocycles. The number of benzene rings is 1. The molecule has 0 aliphatic rings. The van der Waals surface area contributed by atoms with Crippen LogP contribution in [-0.2, 0) is 6.61 Å². The molecular weight excluding hydrogens is 212 g/mol. The molecule has 2 aromatic rings. The Bertz CT molecular complexity index is 456. The maximum atomic E-state index is 8.82. The summed E-state index contributed by atoms with van der Waals surface area (Å²) in [5.74, 6) is 0.762. The third-order valence-electron chi connectivity index (χ3n) is 1.87. The minimum atomic E-state index is -0.102. The Morgan fingerprint density at radius 1 is 1.33 bits per heavy atom. The molecule has 1 heterocycles. The van der Waals surface area contributed by atoms with E-state index in [0.717, 1.165) is 11.3 Å². The van der Waals surface area contributed by atoms with Crippen LogP contribution < -0.4 is 4.74 Å². The van der Waals surface area contributed by atoms with Gasteiger partial charge in [-0.25, -0.2) is 0 Å². The minimum absolute atomic E-state index is 0.102. The van der Waals surface area contributed by atoms with Gasteiger partial charge in [0, 0.05) is 0 Å². The van der Waals surface area contributed by atoms with Crippen molar-refractivity contribution >= 4 is 11.3 Å². The molecule has 1 aromatic carbocycles. The summed E-state index contributed by atoms with van der Waals surface area (Å²) >= 11 is 1.24. The van der Waals surface area contributed by atoms with Crippen LogP contribution in [0.15, 0.2) is 24.3 Å². The normalized spacial score (nSPS) is 10.3. The van der Waals surface area contributed by atoms with Gasteiger partial charge in [-0.05, 0) is 18.6 Å². The summed E-state index contributed by atoms with van der Waals surface area (Å²) in [5.41, 5.74) is 1.04. The molecule has 5 heteroatoms. The molecule has 0 amide bonds. The first-order valence-corrected chi connectivity index (χ1v) is 5.28. The number of rotatable bonds is 3. The van der Waals surface area contributed by atoms with Crippen LogP contribution in [0.1, 0.15) is 10.6 Å². The average molecular weight is 222 g/mol. The number of hydrogen-bond donors (Lipinski definition) is 1. The molecule has 2 rings (SSSR count). The van der Waals surface area contributed by atoms with Gasteiger partial charge in [-0.2, -0.15) is 0 Å². The molecule has 0 fully saturated rings. The molecule has 0 radical (unpaired) electrons. The highest BCUT2D eigenvalue weighted by Gasteiger charge is 2.06. The first kappa shape index (κ1) is 10.1. The molecule has 0 bridgehead atoms. The van der Waals surface area contributed by atoms with Gasteiger partial charge < -0.3 is 9.84 Å². The SMILES string of the molecule is Cc1ccccc1Oc1nnc(CO)s1. The van der Waals surface area contributed by atoms with Gasteiger partial charge in [0.2, 0.25) is 0 Å². The van der Waals surface area contributed by atoms with E-state index in [1.54, 1.807) is 0 Å². The molecule has 4 nitrogen and oxygen atoms in total. The Morgan fingerprint density at radius 3 is 2.80 bits per heavy atom. The number of hydrogen-bond acceptors (Lipinski definition) is 5. The van der Waals surface area contributed by atoms with E-state index in [1.165, 1.54) is 11.3 Å². The standard InChI is InChI=1S/C10H10N2O2S/c1-7-4-2-3-5-8(7)14-10-12-11-9(6-13)15-10/h2-5,13H,6H2,1H3. The van der Waals surface area contributed by atoms with Crippen molar-refractivity contribution < 1.29 is 9.84 Å². The highest BCUT2D eigenvalue weighted by atomic mass is 32.1. The van der Waals surface area contributed by atoms with Gasteiger partial charge in [-0.1, -0.05) is 34.6 Å². The van der Waals surface area contributed by atoms with Crippen molar-refractivity contribution in [3.05, 3.63) is 34.8 Å². The molecular formula is C10H10N2O2S. The van der Waals surface area contributed by atoms with E-state index >= 15 is 0 Å². The van der Waals surface area contributed by atoms with E-state index < -0.39 is 0 Å². The highest BCUT2D eigenvalue weighted by molar-refractivity contribution is 7.13. The summed E-state index contributed by atoms with van der Waals surface area (Å²) in [4.78, 5) is 0. The van der Waals surface area contributed by atoms with Crippen molar-refractivity contribution in [2.24, 2.45) is 0 Å². The number of aromatic nitrogens is 2. The van der Waals surface area contributed by atoms with Crippen molar-refractivity contribution in [3.63, 3.8) is 0 Å². The van der Waals surface area contributed by atoms with Gasteiger partial charge >= 0.3 is 0 Å². The second kappa shape index (κ2) is 4.37. The second-order valence-corrected chi connectivity index (χ2v) is 4.01. The summed E-state index contributed by atoms with van der Waals surface area (Å²) in [6.45, 7) is 1.86. The Kier molecular flexibility index (Phi) is 2.94. The smallest absolute Gasteiger partial charge is 0.299 e. The lowest BCUT2D eigenvalue weighted by molar-refractivity contribution is 0.280. The number of para-hydroxylation sites is 1. The van der Waals surface area contributed by atoms with E-state index in [9.17, 15) is 0 Å². The fourth-order valence-corrected chi connectivity index (χ4v) is 1.67. The molecule has 0 spiro atoms. The monoisotopic (exact) mass is 222 g/mol. The molecule has 0 saturated carbocycles. The predicted octanol–water partition coefficient (Wildman–Crippen LogP) is 2.13. The largest absolute Gasteiger partial charge is 0.430 e. The van der Waals surface area contributed by atoms with Crippen LogP contribution in [0.4, 0.5) is 0 Å². The minimum Gasteiger partial charge on any atom is -0.430 e. The molecule has 1 aromatic heterocycles. The van der Waals surface area contributed by atoms with Crippen LogP contribution in [0.5, 0.6) is 10.9 Å². The lowest BCUT2D eigenvalue weighted by Crippen LogP contribution is -1.85. The van der Waals surface area contributed by atoms with E-state index in [4.69, 9.17) is 9.84 Å². The van der Waals surface area contributed by atoms with Gasteiger partial charge in [0.1, 0.15) is 10.8 Å². The van der Waals surface area contributed by atoms with Gasteiger partial charge in [0.05, 0.1) is 6.61 Å². The lowest BCUT2D eigenvalue weighted by Gasteiger charge is -2.03. The maximum Gasteiger partial charge on any atom is 0.299 e. The van der Waals surface area contributed by atoms with Crippen LogP contribution in [0.2, 0.25) is 0 Å². The number of aliphatic hydroxyl groups is 1. The van der Waals surface area contributed by atoms with Crippen LogP contribution in [0.25, 0.3) is 0 Å². The number of ether oxygens (including phenoxy) is 1. The summed E-state index contributed by atoms with van der Waals surface area (Å²) in [7, 11) is 0. The third-order valence-corrected chi connectivity index (χ3v) is 2.66. The predicted molar refractivity (Wildman–Crippen MR) is 57.1 cm³/mol. The molecule has 78 valence electrons. The summed E-state index contributed by atoms with van der Waals surface area (Å²) in [6.07, 6.45) is 0. The zero-order valence-electron chi connectivity index (χ0n) is 8.17. The Labute approximate surface area is 91.2 Å². The average Bonchev–Trinajstić information content (AvgIpc) is 2.69. The van der Waals surface area contributed by atoms with E-state index in [1.807, 2.05) is 31.2 Å². The van der Waals surface area contributed by atoms with Crippen LogP contribution in [0.3, 0.4) is 0 Å². The quantitative estimate of drug-likeness (QED) is 0.864. The molecule has 0 unspecified atom stereocenters. The first-order chi connectivity index (χ1) is 7.29. The van der Waals surface area contributed by atoms with E-state index in [0.29, 0.717) is 10.2 Å². The number of aliphatic hydroxyl groups excluding tert-OH is 1. The Hall–Kier alpha value is -1.46. The number of aryl methyl sites for hydroxylation is 1. The zero-order chi connectivity index (χ0) is 10.7. The Morgan fingerprint density at radius 2 is 2.13 bits per heavy atom. The second-order valence-electron chi connectivity index (χ2n) is 2.99. The summed E-state index contributed by atoms with van der Waals surface area (Å²) < 4.78 is 5.53. The molecule has 15 heavy (non-hydrogen) atoms. The van der Waals surface area contributed by atoms with Crippen LogP contribution in [0, 0.1) is 6.92 Å². The fourth-order valence-electron chi connectivity index (χ4n) is 1.11. The van der Waals surface area contributed by atoms with E-state index in [-0.39, 0.29) is 6.61 Å². The summed E-state index contributed by atoms with van der Waals surface area (Å²) in [6, 6.07) is 7.68. The first-order valence-electron chi connectivity index (χ1n) is 4.46. The van der Waals surface area contributed by atoms with Gasteiger partial charge in [-0.15, -0.1) is 5.10 Å². The van der Waals surface area contributed by atoms with Gasteiger partial charge in [0.25, 0.3) is 5.19 Å². The molecule has 0 atom stereocenters. The molecule has 0 saturated heterocycles. The molecule has 0 aliphatic heterocycles. The maximum absolute atomic E-state index is 8.82. The summed E-state index contributed by atoms with van der Waals surface area (Å²) in [5, 5.41) is 17.4. The van der Waals surface area contributed by atoms with Crippen molar-refractivity contribution in [2.45, 2.75) is 13.5 Å². The van der Waals surface area contributed by atoms with E-state index in [2.05, 4.69) is 10.2 Å². The highest BCUT2D eigenvalue weighted by Crippen LogP contribution is 2.26. The Balaban J connectivity index is 2.18. The van der Waals surface area contributed by atoms with Crippen molar-refractivity contribution in [3.8, 4) is 10.9 Å². The third kappa shape index (κ3) is 2.31. The van der Waals surface area contributed by atoms with Gasteiger partial charge in [-0.3, -0.25) is 0 Å². The number of nitrogens with zero attached hydrogens (tertiary/aromatic N) is 2. The van der Waals surface area contributed by atoms with Crippen molar-refractivity contribution in [2.75, 3.05) is 0 Å². The van der Waals surface area contributed by atoms with Crippen LogP contribution in [-0.4, -0.2) is 15.3 Å².